The fourth-order valence-corrected chi connectivity index (χ4v) is 4.98. The second-order valence-corrected chi connectivity index (χ2v) is 11.0. The second-order valence-electron chi connectivity index (χ2n) is 11.0. The van der Waals surface area contributed by atoms with Crippen molar-refractivity contribution >= 4 is 45.3 Å². The Balaban J connectivity index is 0.000000193. The van der Waals surface area contributed by atoms with Crippen LogP contribution in [0, 0.1) is 20.2 Å². The standard InChI is InChI=1S/C20H13N3O2.C14H10O2.C6H7N3O2.CH4/c24-23(25)17-13-7-12-16-20(17)22-19(15-10-5-2-6-11-15)18(21-16)14-8-3-1-4-9-14;15-13(11-7-3-1-4-8-11)14(16)12-9-5-2-6-10-12;7-4-2-1-3-5(6(4)8)9(10)11;/h1-13H;1-10H;1-3H,7-8H2;1H4. The minimum absolute atomic E-state index is 0. The van der Waals surface area contributed by atoms with Gasteiger partial charge in [-0.05, 0) is 12.1 Å². The fourth-order valence-electron chi connectivity index (χ4n) is 4.98. The van der Waals surface area contributed by atoms with Crippen LogP contribution in [0.3, 0.4) is 0 Å². The molecule has 0 aliphatic heterocycles. The first-order valence-corrected chi connectivity index (χ1v) is 15.7. The molecule has 264 valence electrons. The molecule has 12 nitrogen and oxygen atoms in total. The van der Waals surface area contributed by atoms with E-state index in [0.29, 0.717) is 33.5 Å². The highest BCUT2D eigenvalue weighted by Gasteiger charge is 2.19. The van der Waals surface area contributed by atoms with Crippen LogP contribution in [-0.4, -0.2) is 31.4 Å². The van der Waals surface area contributed by atoms with Gasteiger partial charge in [0.05, 0.1) is 32.4 Å². The van der Waals surface area contributed by atoms with Crippen molar-refractivity contribution in [3.63, 3.8) is 0 Å². The van der Waals surface area contributed by atoms with Gasteiger partial charge in [-0.1, -0.05) is 141 Å². The number of nitro benzene ring substituents is 2. The maximum atomic E-state index is 11.8. The van der Waals surface area contributed by atoms with Crippen LogP contribution in [0.2, 0.25) is 0 Å². The molecule has 0 saturated heterocycles. The third-order valence-corrected chi connectivity index (χ3v) is 7.56. The summed E-state index contributed by atoms with van der Waals surface area (Å²) in [5.74, 6) is -0.932. The van der Waals surface area contributed by atoms with Crippen LogP contribution >= 0.6 is 0 Å². The molecule has 0 spiro atoms. The number of hydrogen-bond donors (Lipinski definition) is 2. The summed E-state index contributed by atoms with van der Waals surface area (Å²) in [6.45, 7) is 0. The highest BCUT2D eigenvalue weighted by molar-refractivity contribution is 6.49. The van der Waals surface area contributed by atoms with Gasteiger partial charge in [-0.3, -0.25) is 29.8 Å². The number of Topliss-reactive ketones (excluding diaryl/α,β-unsaturated/α-hetero) is 2. The molecule has 0 bridgehead atoms. The molecule has 0 aliphatic rings. The molecule has 0 atom stereocenters. The molecule has 1 aromatic heterocycles. The number of carbonyl (C=O) groups excluding carboxylic acids is 2. The average Bonchev–Trinajstić information content (AvgIpc) is 3.19. The first-order valence-electron chi connectivity index (χ1n) is 15.7. The quantitative estimate of drug-likeness (QED) is 0.0530. The molecule has 0 aliphatic carbocycles. The number of ketones is 2. The molecule has 7 rings (SSSR count). The Hall–Kier alpha value is -7.60. The number of carbonyl (C=O) groups is 2. The summed E-state index contributed by atoms with van der Waals surface area (Å²) in [4.78, 5) is 53.5. The normalized spacial score (nSPS) is 9.96. The van der Waals surface area contributed by atoms with E-state index in [4.69, 9.17) is 16.5 Å². The average molecular weight is 707 g/mol. The molecule has 1 heterocycles. The molecular formula is C41H34N6O6. The highest BCUT2D eigenvalue weighted by Crippen LogP contribution is 2.33. The van der Waals surface area contributed by atoms with Crippen molar-refractivity contribution in [3.8, 4) is 22.5 Å². The zero-order valence-electron chi connectivity index (χ0n) is 27.4. The molecule has 0 amide bonds. The van der Waals surface area contributed by atoms with Crippen molar-refractivity contribution in [2.45, 2.75) is 7.43 Å². The summed E-state index contributed by atoms with van der Waals surface area (Å²) in [5, 5.41) is 21.6. The maximum absolute atomic E-state index is 11.8. The Morgan fingerprint density at radius 3 is 1.32 bits per heavy atom. The third kappa shape index (κ3) is 9.35. The monoisotopic (exact) mass is 706 g/mol. The van der Waals surface area contributed by atoms with E-state index in [2.05, 4.69) is 4.98 Å². The minimum atomic E-state index is -0.564. The van der Waals surface area contributed by atoms with Crippen molar-refractivity contribution < 1.29 is 19.4 Å². The van der Waals surface area contributed by atoms with Crippen LogP contribution in [0.4, 0.5) is 22.7 Å². The number of hydrogen-bond acceptors (Lipinski definition) is 10. The maximum Gasteiger partial charge on any atom is 0.297 e. The molecular weight excluding hydrogens is 672 g/mol. The lowest BCUT2D eigenvalue weighted by atomic mass is 10.0. The van der Waals surface area contributed by atoms with E-state index < -0.39 is 21.4 Å². The van der Waals surface area contributed by atoms with Gasteiger partial charge in [0.2, 0.25) is 11.6 Å². The number of nitrogens with zero attached hydrogens (tertiary/aromatic N) is 4. The van der Waals surface area contributed by atoms with Crippen molar-refractivity contribution in [1.29, 1.82) is 0 Å². The fraction of sp³-hybridized carbons (Fsp3) is 0.0244. The molecule has 6 aromatic carbocycles. The summed E-state index contributed by atoms with van der Waals surface area (Å²) in [6.07, 6.45) is 0. The van der Waals surface area contributed by atoms with Crippen LogP contribution in [0.15, 0.2) is 158 Å². The summed E-state index contributed by atoms with van der Waals surface area (Å²) in [6, 6.07) is 45.6. The predicted octanol–water partition coefficient (Wildman–Crippen LogP) is 9.02. The van der Waals surface area contributed by atoms with Crippen LogP contribution in [0.25, 0.3) is 33.5 Å². The van der Waals surface area contributed by atoms with E-state index in [0.717, 1.165) is 11.1 Å². The van der Waals surface area contributed by atoms with Gasteiger partial charge < -0.3 is 11.5 Å². The Labute approximate surface area is 304 Å². The van der Waals surface area contributed by atoms with E-state index in [9.17, 15) is 29.8 Å². The minimum Gasteiger partial charge on any atom is -0.397 e. The van der Waals surface area contributed by atoms with E-state index in [1.54, 1.807) is 60.7 Å². The number of nitro groups is 2. The molecule has 12 heteroatoms. The van der Waals surface area contributed by atoms with Gasteiger partial charge in [0, 0.05) is 34.4 Å². The number of benzene rings is 6. The number of nitrogen functional groups attached to an aromatic ring is 2. The Kier molecular flexibility index (Phi) is 12.9. The molecule has 53 heavy (non-hydrogen) atoms. The van der Waals surface area contributed by atoms with Crippen molar-refractivity contribution in [3.05, 3.63) is 189 Å². The Morgan fingerprint density at radius 2 is 0.887 bits per heavy atom. The van der Waals surface area contributed by atoms with Crippen LogP contribution in [-0.2, 0) is 0 Å². The first kappa shape index (κ1) is 38.2. The number of fused-ring (bicyclic) bond motifs is 1. The highest BCUT2D eigenvalue weighted by atomic mass is 16.6. The number of aromatic nitrogens is 2. The van der Waals surface area contributed by atoms with Crippen LogP contribution < -0.4 is 11.5 Å². The van der Waals surface area contributed by atoms with Gasteiger partial charge >= 0.3 is 0 Å². The third-order valence-electron chi connectivity index (χ3n) is 7.56. The van der Waals surface area contributed by atoms with E-state index in [1.807, 2.05) is 72.8 Å². The number of anilines is 2. The summed E-state index contributed by atoms with van der Waals surface area (Å²) in [5.41, 5.74) is 15.5. The summed E-state index contributed by atoms with van der Waals surface area (Å²) >= 11 is 0. The first-order chi connectivity index (χ1) is 25.2. The molecule has 7 aromatic rings. The zero-order chi connectivity index (χ0) is 37.0. The van der Waals surface area contributed by atoms with E-state index in [-0.39, 0.29) is 30.2 Å². The van der Waals surface area contributed by atoms with Gasteiger partial charge in [0.15, 0.2) is 5.52 Å². The van der Waals surface area contributed by atoms with Crippen molar-refractivity contribution in [1.82, 2.24) is 9.97 Å². The van der Waals surface area contributed by atoms with Crippen LogP contribution in [0.5, 0.6) is 0 Å². The lowest BCUT2D eigenvalue weighted by Gasteiger charge is -2.10. The molecule has 0 radical (unpaired) electrons. The molecule has 4 N–H and O–H groups in total. The zero-order valence-corrected chi connectivity index (χ0v) is 27.4. The topological polar surface area (TPSA) is 198 Å². The smallest absolute Gasteiger partial charge is 0.297 e. The Bertz CT molecular complexity index is 2310. The van der Waals surface area contributed by atoms with E-state index >= 15 is 0 Å². The SMILES string of the molecule is C.Nc1cccc([N+](=O)[O-])c1N.O=C(C(=O)c1ccccc1)c1ccccc1.O=[N+]([O-])c1cccc2nc(-c3ccccc3)c(-c3ccccc3)nc12. The Morgan fingerprint density at radius 1 is 0.491 bits per heavy atom. The van der Waals surface area contributed by atoms with Gasteiger partial charge in [0.25, 0.3) is 11.4 Å². The number of non-ortho nitro benzene ring substituents is 1. The van der Waals surface area contributed by atoms with Gasteiger partial charge in [-0.2, -0.15) is 0 Å². The number of nitrogens with two attached hydrogens (primary N) is 2. The van der Waals surface area contributed by atoms with Crippen molar-refractivity contribution in [2.24, 2.45) is 0 Å². The molecule has 0 fully saturated rings. The van der Waals surface area contributed by atoms with E-state index in [1.165, 1.54) is 24.3 Å². The molecule has 0 unspecified atom stereocenters. The van der Waals surface area contributed by atoms with Crippen molar-refractivity contribution in [2.75, 3.05) is 11.5 Å². The lowest BCUT2D eigenvalue weighted by molar-refractivity contribution is -0.383. The van der Waals surface area contributed by atoms with Crippen LogP contribution in [0.1, 0.15) is 28.1 Å². The largest absolute Gasteiger partial charge is 0.397 e. The molecule has 0 saturated carbocycles. The number of para-hydroxylation sites is 2. The second kappa shape index (κ2) is 17.9. The van der Waals surface area contributed by atoms with Gasteiger partial charge in [-0.25, -0.2) is 9.97 Å². The predicted molar refractivity (Wildman–Crippen MR) is 207 cm³/mol. The van der Waals surface area contributed by atoms with Gasteiger partial charge in [-0.15, -0.1) is 0 Å². The lowest BCUT2D eigenvalue weighted by Crippen LogP contribution is -2.14. The number of rotatable bonds is 7. The summed E-state index contributed by atoms with van der Waals surface area (Å²) in [7, 11) is 0. The van der Waals surface area contributed by atoms with Gasteiger partial charge in [0.1, 0.15) is 5.69 Å². The summed E-state index contributed by atoms with van der Waals surface area (Å²) < 4.78 is 0.